The highest BCUT2D eigenvalue weighted by Gasteiger charge is 2.05. The van der Waals surface area contributed by atoms with Gasteiger partial charge in [0.1, 0.15) is 0 Å². The van der Waals surface area contributed by atoms with Crippen LogP contribution in [0.5, 0.6) is 0 Å². The Hall–Kier alpha value is -2.49. The van der Waals surface area contributed by atoms with Crippen LogP contribution in [0.25, 0.3) is 0 Å². The van der Waals surface area contributed by atoms with Gasteiger partial charge in [0.25, 0.3) is 0 Å². The van der Waals surface area contributed by atoms with Crippen molar-refractivity contribution in [3.05, 3.63) is 60.7 Å². The third kappa shape index (κ3) is 5.13. The van der Waals surface area contributed by atoms with Crippen molar-refractivity contribution in [3.63, 3.8) is 0 Å². The highest BCUT2D eigenvalue weighted by molar-refractivity contribution is 5.84. The number of benzene rings is 2. The fourth-order valence-corrected chi connectivity index (χ4v) is 2.20. The lowest BCUT2D eigenvalue weighted by atomic mass is 10.2. The van der Waals surface area contributed by atoms with Crippen LogP contribution in [0.15, 0.2) is 60.7 Å². The standard InChI is InChI=1S/C18H22N2O2/c1-2-20(17-12-7-4-8-13-17)14-9-15-22-18(21)19-16-10-5-3-6-11-16/h3-8,10-13H,2,9,14-15H2,1H3,(H,19,21). The summed E-state index contributed by atoms with van der Waals surface area (Å²) >= 11 is 0. The first-order valence-corrected chi connectivity index (χ1v) is 7.58. The van der Waals surface area contributed by atoms with Gasteiger partial charge in [-0.3, -0.25) is 5.32 Å². The second-order valence-corrected chi connectivity index (χ2v) is 4.90. The van der Waals surface area contributed by atoms with E-state index in [0.717, 1.165) is 25.2 Å². The van der Waals surface area contributed by atoms with Gasteiger partial charge < -0.3 is 9.64 Å². The first-order chi connectivity index (χ1) is 10.8. The summed E-state index contributed by atoms with van der Waals surface area (Å²) in [6, 6.07) is 19.5. The van der Waals surface area contributed by atoms with Crippen LogP contribution < -0.4 is 10.2 Å². The molecule has 0 aliphatic heterocycles. The molecule has 0 aromatic heterocycles. The van der Waals surface area contributed by atoms with Crippen LogP contribution in [0.3, 0.4) is 0 Å². The second kappa shape index (κ2) is 8.72. The quantitative estimate of drug-likeness (QED) is 0.781. The molecule has 0 saturated heterocycles. The van der Waals surface area contributed by atoms with Gasteiger partial charge in [-0.15, -0.1) is 0 Å². The molecule has 0 radical (unpaired) electrons. The first kappa shape index (κ1) is 15.9. The van der Waals surface area contributed by atoms with E-state index in [1.807, 2.05) is 48.5 Å². The zero-order valence-corrected chi connectivity index (χ0v) is 12.9. The molecule has 4 heteroatoms. The van der Waals surface area contributed by atoms with E-state index in [0.29, 0.717) is 6.61 Å². The van der Waals surface area contributed by atoms with Crippen molar-refractivity contribution < 1.29 is 9.53 Å². The van der Waals surface area contributed by atoms with E-state index in [-0.39, 0.29) is 0 Å². The van der Waals surface area contributed by atoms with Crippen molar-refractivity contribution in [3.8, 4) is 0 Å². The maximum Gasteiger partial charge on any atom is 0.411 e. The lowest BCUT2D eigenvalue weighted by molar-refractivity contribution is 0.160. The highest BCUT2D eigenvalue weighted by Crippen LogP contribution is 2.13. The molecule has 1 amide bonds. The van der Waals surface area contributed by atoms with Crippen LogP contribution in [0.2, 0.25) is 0 Å². The number of para-hydroxylation sites is 2. The van der Waals surface area contributed by atoms with E-state index in [2.05, 4.69) is 29.3 Å². The number of carbonyl (C=O) groups is 1. The number of hydrogen-bond donors (Lipinski definition) is 1. The van der Waals surface area contributed by atoms with E-state index in [1.54, 1.807) is 0 Å². The molecular weight excluding hydrogens is 276 g/mol. The monoisotopic (exact) mass is 298 g/mol. The summed E-state index contributed by atoms with van der Waals surface area (Å²) < 4.78 is 5.20. The molecule has 0 fully saturated rings. The van der Waals surface area contributed by atoms with Crippen LogP contribution in [-0.2, 0) is 4.74 Å². The minimum Gasteiger partial charge on any atom is -0.449 e. The van der Waals surface area contributed by atoms with Crippen LogP contribution in [0.4, 0.5) is 16.2 Å². The molecular formula is C18H22N2O2. The van der Waals surface area contributed by atoms with Gasteiger partial charge in [0, 0.05) is 24.5 Å². The van der Waals surface area contributed by atoms with Gasteiger partial charge in [0.05, 0.1) is 6.61 Å². The predicted octanol–water partition coefficient (Wildman–Crippen LogP) is 4.15. The zero-order valence-electron chi connectivity index (χ0n) is 12.9. The molecule has 1 N–H and O–H groups in total. The van der Waals surface area contributed by atoms with E-state index in [9.17, 15) is 4.79 Å². The molecule has 2 rings (SSSR count). The van der Waals surface area contributed by atoms with Crippen molar-refractivity contribution >= 4 is 17.5 Å². The number of amides is 1. The Labute approximate surface area is 131 Å². The number of rotatable bonds is 7. The summed E-state index contributed by atoms with van der Waals surface area (Å²) in [4.78, 5) is 13.9. The number of nitrogens with one attached hydrogen (secondary N) is 1. The maximum atomic E-state index is 11.6. The molecule has 0 saturated carbocycles. The van der Waals surface area contributed by atoms with Gasteiger partial charge in [0.2, 0.25) is 0 Å². The van der Waals surface area contributed by atoms with Crippen LogP contribution in [0.1, 0.15) is 13.3 Å². The molecule has 2 aromatic carbocycles. The van der Waals surface area contributed by atoms with Gasteiger partial charge in [-0.25, -0.2) is 4.79 Å². The molecule has 4 nitrogen and oxygen atoms in total. The molecule has 22 heavy (non-hydrogen) atoms. The number of carbonyl (C=O) groups excluding carboxylic acids is 1. The molecule has 0 heterocycles. The van der Waals surface area contributed by atoms with Crippen molar-refractivity contribution in [2.45, 2.75) is 13.3 Å². The Morgan fingerprint density at radius 2 is 1.68 bits per heavy atom. The summed E-state index contributed by atoms with van der Waals surface area (Å²) in [6.45, 7) is 4.32. The average Bonchev–Trinajstić information content (AvgIpc) is 2.56. The van der Waals surface area contributed by atoms with E-state index in [1.165, 1.54) is 5.69 Å². The fourth-order valence-electron chi connectivity index (χ4n) is 2.20. The van der Waals surface area contributed by atoms with E-state index >= 15 is 0 Å². The van der Waals surface area contributed by atoms with Crippen LogP contribution in [0, 0.1) is 0 Å². The summed E-state index contributed by atoms with van der Waals surface area (Å²) in [5.41, 5.74) is 1.94. The van der Waals surface area contributed by atoms with E-state index < -0.39 is 6.09 Å². The van der Waals surface area contributed by atoms with Gasteiger partial charge in [0.15, 0.2) is 0 Å². The molecule has 0 spiro atoms. The Bertz CT molecular complexity index is 558. The smallest absolute Gasteiger partial charge is 0.411 e. The van der Waals surface area contributed by atoms with Crippen molar-refractivity contribution in [1.29, 1.82) is 0 Å². The van der Waals surface area contributed by atoms with E-state index in [4.69, 9.17) is 4.74 Å². The number of ether oxygens (including phenoxy) is 1. The molecule has 0 unspecified atom stereocenters. The normalized spacial score (nSPS) is 10.0. The Morgan fingerprint density at radius 3 is 2.32 bits per heavy atom. The summed E-state index contributed by atoms with van der Waals surface area (Å²) in [6.07, 6.45) is 0.388. The third-order valence-corrected chi connectivity index (χ3v) is 3.33. The molecule has 0 aliphatic carbocycles. The first-order valence-electron chi connectivity index (χ1n) is 7.58. The molecule has 2 aromatic rings. The summed E-state index contributed by atoms with van der Waals surface area (Å²) in [5, 5.41) is 2.70. The topological polar surface area (TPSA) is 41.6 Å². The fraction of sp³-hybridized carbons (Fsp3) is 0.278. The van der Waals surface area contributed by atoms with Crippen molar-refractivity contribution in [1.82, 2.24) is 0 Å². The SMILES string of the molecule is CCN(CCCOC(=O)Nc1ccccc1)c1ccccc1. The Kier molecular flexibility index (Phi) is 6.30. The summed E-state index contributed by atoms with van der Waals surface area (Å²) in [7, 11) is 0. The Balaban J connectivity index is 1.69. The van der Waals surface area contributed by atoms with Gasteiger partial charge in [-0.05, 0) is 37.6 Å². The van der Waals surface area contributed by atoms with Crippen LogP contribution in [-0.4, -0.2) is 25.8 Å². The van der Waals surface area contributed by atoms with Gasteiger partial charge >= 0.3 is 6.09 Å². The molecule has 0 bridgehead atoms. The molecule has 0 atom stereocenters. The minimum absolute atomic E-state index is 0.405. The van der Waals surface area contributed by atoms with Gasteiger partial charge in [-0.2, -0.15) is 0 Å². The predicted molar refractivity (Wildman–Crippen MR) is 90.4 cm³/mol. The highest BCUT2D eigenvalue weighted by atomic mass is 16.5. The average molecular weight is 298 g/mol. The number of nitrogens with zero attached hydrogens (tertiary/aromatic N) is 1. The van der Waals surface area contributed by atoms with Crippen LogP contribution >= 0.6 is 0 Å². The maximum absolute atomic E-state index is 11.6. The third-order valence-electron chi connectivity index (χ3n) is 3.33. The number of hydrogen-bond acceptors (Lipinski definition) is 3. The second-order valence-electron chi connectivity index (χ2n) is 4.90. The number of anilines is 2. The molecule has 116 valence electrons. The molecule has 0 aliphatic rings. The summed E-state index contributed by atoms with van der Waals surface area (Å²) in [5.74, 6) is 0. The van der Waals surface area contributed by atoms with Crippen molar-refractivity contribution in [2.24, 2.45) is 0 Å². The van der Waals surface area contributed by atoms with Gasteiger partial charge in [-0.1, -0.05) is 36.4 Å². The Morgan fingerprint density at radius 1 is 1.05 bits per heavy atom. The minimum atomic E-state index is -0.408. The lowest BCUT2D eigenvalue weighted by Crippen LogP contribution is -2.25. The largest absolute Gasteiger partial charge is 0.449 e. The zero-order chi connectivity index (χ0) is 15.6. The lowest BCUT2D eigenvalue weighted by Gasteiger charge is -2.22. The van der Waals surface area contributed by atoms with Crippen molar-refractivity contribution in [2.75, 3.05) is 29.9 Å².